The van der Waals surface area contributed by atoms with Crippen molar-refractivity contribution in [3.05, 3.63) is 66.5 Å². The lowest BCUT2D eigenvalue weighted by atomic mass is 10.1. The molecule has 1 aliphatic rings. The number of aliphatic imine (C=N–C) groups is 1. The molecule has 2 N–H and O–H groups in total. The monoisotopic (exact) mass is 447 g/mol. The molecule has 27 heavy (non-hydrogen) atoms. The van der Waals surface area contributed by atoms with E-state index in [9.17, 15) is 20.0 Å². The first-order valence-corrected chi connectivity index (χ1v) is 9.39. The van der Waals surface area contributed by atoms with Crippen LogP contribution in [0.2, 0.25) is 0 Å². The molecule has 1 aliphatic heterocycles. The van der Waals surface area contributed by atoms with Gasteiger partial charge in [-0.1, -0.05) is 22.0 Å². The first-order valence-electron chi connectivity index (χ1n) is 7.78. The van der Waals surface area contributed by atoms with E-state index in [-0.39, 0.29) is 5.91 Å². The average Bonchev–Trinajstić information content (AvgIpc) is 2.93. The van der Waals surface area contributed by atoms with Gasteiger partial charge >= 0.3 is 5.69 Å². The number of halogens is 1. The standard InChI is InChI=1S/C18H14BrN3O4S/c1-9-5-12(6-10(2)16(9)19)20-18-21-17(24)15(27-18)8-11-3-4-14(23)13(7-11)22(25)26/h3-8,23H,1-2H3,(H,20,21,24)/b15-8-. The second-order valence-corrected chi connectivity index (χ2v) is 7.70. The molecular formula is C18H14BrN3O4S. The van der Waals surface area contributed by atoms with Gasteiger partial charge in [0.2, 0.25) is 0 Å². The van der Waals surface area contributed by atoms with Crippen molar-refractivity contribution in [3.8, 4) is 5.75 Å². The first kappa shape index (κ1) is 19.1. The Morgan fingerprint density at radius 1 is 1.26 bits per heavy atom. The van der Waals surface area contributed by atoms with Crippen LogP contribution in [-0.4, -0.2) is 21.1 Å². The highest BCUT2D eigenvalue weighted by Gasteiger charge is 2.24. The van der Waals surface area contributed by atoms with Gasteiger partial charge in [-0.2, -0.15) is 0 Å². The molecule has 2 aromatic carbocycles. The van der Waals surface area contributed by atoms with Gasteiger partial charge in [-0.05, 0) is 66.6 Å². The molecule has 1 amide bonds. The highest BCUT2D eigenvalue weighted by molar-refractivity contribution is 9.10. The zero-order chi connectivity index (χ0) is 19.7. The number of carbonyl (C=O) groups is 1. The third-order valence-corrected chi connectivity index (χ3v) is 5.96. The Balaban J connectivity index is 1.89. The summed E-state index contributed by atoms with van der Waals surface area (Å²) in [5.74, 6) is -0.756. The molecule has 138 valence electrons. The van der Waals surface area contributed by atoms with Crippen molar-refractivity contribution in [1.82, 2.24) is 5.32 Å². The number of benzene rings is 2. The fraction of sp³-hybridized carbons (Fsp3) is 0.111. The molecule has 7 nitrogen and oxygen atoms in total. The number of nitrogens with zero attached hydrogens (tertiary/aromatic N) is 2. The average molecular weight is 448 g/mol. The highest BCUT2D eigenvalue weighted by atomic mass is 79.9. The van der Waals surface area contributed by atoms with Crippen LogP contribution in [0, 0.1) is 24.0 Å². The second-order valence-electron chi connectivity index (χ2n) is 5.88. The predicted octanol–water partition coefficient (Wildman–Crippen LogP) is 4.57. The van der Waals surface area contributed by atoms with Crippen molar-refractivity contribution in [2.45, 2.75) is 13.8 Å². The Labute approximate surface area is 167 Å². The Bertz CT molecular complexity index is 1010. The van der Waals surface area contributed by atoms with Crippen LogP contribution in [0.1, 0.15) is 16.7 Å². The summed E-state index contributed by atoms with van der Waals surface area (Å²) in [7, 11) is 0. The van der Waals surface area contributed by atoms with E-state index in [0.717, 1.165) is 33.0 Å². The summed E-state index contributed by atoms with van der Waals surface area (Å²) < 4.78 is 1.02. The minimum Gasteiger partial charge on any atom is -0.502 e. The number of amidine groups is 1. The SMILES string of the molecule is Cc1cc(N=C2NC(=O)/C(=C/c3ccc(O)c([N+](=O)[O-])c3)S2)cc(C)c1Br. The van der Waals surface area contributed by atoms with E-state index >= 15 is 0 Å². The van der Waals surface area contributed by atoms with E-state index in [1.54, 1.807) is 0 Å². The number of aryl methyl sites for hydroxylation is 2. The minimum absolute atomic E-state index is 0.333. The molecule has 3 rings (SSSR count). The largest absolute Gasteiger partial charge is 0.502 e. The van der Waals surface area contributed by atoms with Crippen molar-refractivity contribution in [2.75, 3.05) is 0 Å². The first-order chi connectivity index (χ1) is 12.7. The van der Waals surface area contributed by atoms with Gasteiger partial charge in [0.15, 0.2) is 10.9 Å². The van der Waals surface area contributed by atoms with E-state index in [1.807, 2.05) is 26.0 Å². The van der Waals surface area contributed by atoms with Crippen molar-refractivity contribution < 1.29 is 14.8 Å². The maximum Gasteiger partial charge on any atom is 0.311 e. The van der Waals surface area contributed by atoms with Crippen LogP contribution < -0.4 is 5.32 Å². The molecule has 0 atom stereocenters. The van der Waals surface area contributed by atoms with Gasteiger partial charge in [0, 0.05) is 10.5 Å². The van der Waals surface area contributed by atoms with Crippen LogP contribution >= 0.6 is 27.7 Å². The van der Waals surface area contributed by atoms with E-state index in [0.29, 0.717) is 15.6 Å². The highest BCUT2D eigenvalue weighted by Crippen LogP contribution is 2.32. The quantitative estimate of drug-likeness (QED) is 0.407. The fourth-order valence-corrected chi connectivity index (χ4v) is 3.58. The van der Waals surface area contributed by atoms with E-state index < -0.39 is 16.4 Å². The summed E-state index contributed by atoms with van der Waals surface area (Å²) in [4.78, 5) is 27.3. The summed E-state index contributed by atoms with van der Waals surface area (Å²) >= 11 is 4.65. The fourth-order valence-electron chi connectivity index (χ4n) is 2.51. The molecule has 0 aromatic heterocycles. The molecule has 1 fully saturated rings. The maximum atomic E-state index is 12.2. The topological polar surface area (TPSA) is 105 Å². The molecular weight excluding hydrogens is 434 g/mol. The van der Waals surface area contributed by atoms with E-state index in [1.165, 1.54) is 24.3 Å². The third kappa shape index (κ3) is 4.20. The van der Waals surface area contributed by atoms with Crippen LogP contribution in [0.3, 0.4) is 0 Å². The Hall–Kier alpha value is -2.65. The molecule has 1 saturated heterocycles. The Kier molecular flexibility index (Phi) is 5.33. The number of carbonyl (C=O) groups excluding carboxylic acids is 1. The number of hydrogen-bond acceptors (Lipinski definition) is 6. The summed E-state index contributed by atoms with van der Waals surface area (Å²) in [6.07, 6.45) is 1.52. The second kappa shape index (κ2) is 7.53. The Morgan fingerprint density at radius 2 is 1.93 bits per heavy atom. The van der Waals surface area contributed by atoms with Gasteiger partial charge < -0.3 is 10.4 Å². The number of nitrogens with one attached hydrogen (secondary N) is 1. The molecule has 9 heteroatoms. The molecule has 0 spiro atoms. The van der Waals surface area contributed by atoms with Gasteiger partial charge in [-0.3, -0.25) is 14.9 Å². The lowest BCUT2D eigenvalue weighted by molar-refractivity contribution is -0.385. The number of nitro groups is 1. The molecule has 1 heterocycles. The van der Waals surface area contributed by atoms with Gasteiger partial charge in [-0.25, -0.2) is 4.99 Å². The molecule has 0 radical (unpaired) electrons. The summed E-state index contributed by atoms with van der Waals surface area (Å²) in [6, 6.07) is 7.75. The third-order valence-electron chi connectivity index (χ3n) is 3.80. The number of thioether (sulfide) groups is 1. The van der Waals surface area contributed by atoms with Gasteiger partial charge in [0.1, 0.15) is 0 Å². The number of hydrogen-bond donors (Lipinski definition) is 2. The van der Waals surface area contributed by atoms with Crippen LogP contribution in [0.25, 0.3) is 6.08 Å². The lowest BCUT2D eigenvalue weighted by Crippen LogP contribution is -2.19. The maximum absolute atomic E-state index is 12.2. The molecule has 2 aromatic rings. The van der Waals surface area contributed by atoms with Crippen LogP contribution in [0.15, 0.2) is 44.7 Å². The molecule has 0 saturated carbocycles. The predicted molar refractivity (Wildman–Crippen MR) is 109 cm³/mol. The lowest BCUT2D eigenvalue weighted by Gasteiger charge is -2.04. The zero-order valence-electron chi connectivity index (χ0n) is 14.3. The van der Waals surface area contributed by atoms with Gasteiger partial charge in [0.05, 0.1) is 15.5 Å². The van der Waals surface area contributed by atoms with Crippen LogP contribution in [0.4, 0.5) is 11.4 Å². The summed E-state index contributed by atoms with van der Waals surface area (Å²) in [6.45, 7) is 3.92. The molecule has 0 bridgehead atoms. The van der Waals surface area contributed by atoms with Crippen molar-refractivity contribution in [1.29, 1.82) is 0 Å². The smallest absolute Gasteiger partial charge is 0.311 e. The van der Waals surface area contributed by atoms with Gasteiger partial charge in [-0.15, -0.1) is 0 Å². The number of amides is 1. The van der Waals surface area contributed by atoms with Gasteiger partial charge in [0.25, 0.3) is 5.91 Å². The summed E-state index contributed by atoms with van der Waals surface area (Å²) in [5, 5.41) is 23.6. The van der Waals surface area contributed by atoms with E-state index in [4.69, 9.17) is 0 Å². The number of phenolic OH excluding ortho intramolecular Hbond substituents is 1. The van der Waals surface area contributed by atoms with Crippen molar-refractivity contribution in [3.63, 3.8) is 0 Å². The molecule has 0 aliphatic carbocycles. The van der Waals surface area contributed by atoms with E-state index in [2.05, 4.69) is 26.2 Å². The van der Waals surface area contributed by atoms with Crippen molar-refractivity contribution in [2.24, 2.45) is 4.99 Å². The number of phenols is 1. The number of aromatic hydroxyl groups is 1. The minimum atomic E-state index is -0.676. The van der Waals surface area contributed by atoms with Crippen LogP contribution in [-0.2, 0) is 4.79 Å². The normalized spacial score (nSPS) is 16.8. The summed E-state index contributed by atoms with van der Waals surface area (Å²) in [5.41, 5.74) is 2.82. The number of nitro benzene ring substituents is 1. The van der Waals surface area contributed by atoms with Crippen LogP contribution in [0.5, 0.6) is 5.75 Å². The Morgan fingerprint density at radius 3 is 2.56 bits per heavy atom. The van der Waals surface area contributed by atoms with Crippen molar-refractivity contribution >= 4 is 56.2 Å². The molecule has 0 unspecified atom stereocenters. The zero-order valence-corrected chi connectivity index (χ0v) is 16.7. The number of rotatable bonds is 3.